The molecule has 0 atom stereocenters. The highest BCUT2D eigenvalue weighted by molar-refractivity contribution is 9.10. The van der Waals surface area contributed by atoms with Crippen molar-refractivity contribution in [2.45, 2.75) is 19.9 Å². The van der Waals surface area contributed by atoms with Crippen LogP contribution in [0.5, 0.6) is 0 Å². The van der Waals surface area contributed by atoms with Crippen molar-refractivity contribution in [3.63, 3.8) is 0 Å². The van der Waals surface area contributed by atoms with E-state index < -0.39 is 6.43 Å². The summed E-state index contributed by atoms with van der Waals surface area (Å²) in [6, 6.07) is 7.24. The van der Waals surface area contributed by atoms with Gasteiger partial charge in [-0.05, 0) is 13.0 Å². The molecule has 90 valence electrons. The molecule has 0 aliphatic rings. The summed E-state index contributed by atoms with van der Waals surface area (Å²) in [5.41, 5.74) is 1.00. The van der Waals surface area contributed by atoms with Gasteiger partial charge < -0.3 is 0 Å². The van der Waals surface area contributed by atoms with Crippen molar-refractivity contribution in [2.24, 2.45) is 0 Å². The number of rotatable bonds is 3. The second-order valence-electron chi connectivity index (χ2n) is 3.57. The molecule has 0 unspecified atom stereocenters. The standard InChI is InChI=1S/C12H11BrF2N2/c1-2-17-7-9(12(14)15)11(16-17)8-5-3-4-6-10(8)13/h3-7,12H,2H2,1H3. The zero-order chi connectivity index (χ0) is 12.4. The van der Waals surface area contributed by atoms with E-state index in [0.29, 0.717) is 17.8 Å². The van der Waals surface area contributed by atoms with E-state index in [1.54, 1.807) is 12.1 Å². The Morgan fingerprint density at radius 3 is 2.65 bits per heavy atom. The van der Waals surface area contributed by atoms with E-state index >= 15 is 0 Å². The molecule has 2 rings (SSSR count). The number of aryl methyl sites for hydroxylation is 1. The lowest BCUT2D eigenvalue weighted by atomic mass is 10.1. The summed E-state index contributed by atoms with van der Waals surface area (Å²) in [5, 5.41) is 4.19. The van der Waals surface area contributed by atoms with E-state index in [9.17, 15) is 8.78 Å². The highest BCUT2D eigenvalue weighted by atomic mass is 79.9. The maximum Gasteiger partial charge on any atom is 0.267 e. The van der Waals surface area contributed by atoms with Crippen LogP contribution in [0.3, 0.4) is 0 Å². The molecule has 1 aromatic heterocycles. The molecule has 0 bridgehead atoms. The molecule has 0 fully saturated rings. The van der Waals surface area contributed by atoms with E-state index in [-0.39, 0.29) is 5.56 Å². The molecule has 0 aliphatic heterocycles. The third-order valence-electron chi connectivity index (χ3n) is 2.48. The molecule has 2 aromatic rings. The predicted octanol–water partition coefficient (Wildman–Crippen LogP) is 4.27. The van der Waals surface area contributed by atoms with Gasteiger partial charge in [0.15, 0.2) is 0 Å². The molecule has 0 N–H and O–H groups in total. The largest absolute Gasteiger partial charge is 0.272 e. The van der Waals surface area contributed by atoms with Gasteiger partial charge in [0.1, 0.15) is 5.69 Å². The molecule has 2 nitrogen and oxygen atoms in total. The van der Waals surface area contributed by atoms with Gasteiger partial charge in [0.25, 0.3) is 6.43 Å². The summed E-state index contributed by atoms with van der Waals surface area (Å²) in [4.78, 5) is 0. The van der Waals surface area contributed by atoms with Crippen molar-refractivity contribution < 1.29 is 8.78 Å². The van der Waals surface area contributed by atoms with Crippen LogP contribution in [-0.2, 0) is 6.54 Å². The van der Waals surface area contributed by atoms with Gasteiger partial charge in [-0.3, -0.25) is 4.68 Å². The fourth-order valence-electron chi connectivity index (χ4n) is 1.62. The van der Waals surface area contributed by atoms with Crippen LogP contribution < -0.4 is 0 Å². The van der Waals surface area contributed by atoms with Gasteiger partial charge in [-0.25, -0.2) is 8.78 Å². The summed E-state index contributed by atoms with van der Waals surface area (Å²) in [5.74, 6) is 0. The Labute approximate surface area is 106 Å². The van der Waals surface area contributed by atoms with Gasteiger partial charge in [0, 0.05) is 22.8 Å². The molecule has 0 spiro atoms. The zero-order valence-corrected chi connectivity index (χ0v) is 10.8. The van der Waals surface area contributed by atoms with Crippen molar-refractivity contribution in [3.8, 4) is 11.3 Å². The first kappa shape index (κ1) is 12.2. The van der Waals surface area contributed by atoms with Crippen LogP contribution in [0.25, 0.3) is 11.3 Å². The highest BCUT2D eigenvalue weighted by Crippen LogP contribution is 2.33. The van der Waals surface area contributed by atoms with Gasteiger partial charge in [-0.15, -0.1) is 0 Å². The highest BCUT2D eigenvalue weighted by Gasteiger charge is 2.19. The number of hydrogen-bond acceptors (Lipinski definition) is 1. The Morgan fingerprint density at radius 2 is 2.06 bits per heavy atom. The normalized spacial score (nSPS) is 11.1. The molecular formula is C12H11BrF2N2. The average molecular weight is 301 g/mol. The summed E-state index contributed by atoms with van der Waals surface area (Å²) < 4.78 is 28.1. The maximum atomic E-state index is 12.9. The van der Waals surface area contributed by atoms with E-state index in [1.807, 2.05) is 19.1 Å². The lowest BCUT2D eigenvalue weighted by Gasteiger charge is -2.03. The molecule has 0 amide bonds. The van der Waals surface area contributed by atoms with Crippen LogP contribution in [0.2, 0.25) is 0 Å². The fraction of sp³-hybridized carbons (Fsp3) is 0.250. The van der Waals surface area contributed by atoms with Crippen molar-refractivity contribution in [2.75, 3.05) is 0 Å². The van der Waals surface area contributed by atoms with E-state index in [1.165, 1.54) is 10.9 Å². The number of benzene rings is 1. The third-order valence-corrected chi connectivity index (χ3v) is 3.17. The quantitative estimate of drug-likeness (QED) is 0.828. The Morgan fingerprint density at radius 1 is 1.35 bits per heavy atom. The van der Waals surface area contributed by atoms with Crippen molar-refractivity contribution in [1.29, 1.82) is 0 Å². The van der Waals surface area contributed by atoms with Crippen LogP contribution in [0.4, 0.5) is 8.78 Å². The fourth-order valence-corrected chi connectivity index (χ4v) is 2.09. The second-order valence-corrected chi connectivity index (χ2v) is 4.42. The first-order valence-electron chi connectivity index (χ1n) is 5.24. The van der Waals surface area contributed by atoms with Gasteiger partial charge in [0.2, 0.25) is 0 Å². The molecule has 0 aliphatic carbocycles. The number of aromatic nitrogens is 2. The Bertz CT molecular complexity index is 523. The van der Waals surface area contributed by atoms with Crippen molar-refractivity contribution in [3.05, 3.63) is 40.5 Å². The Balaban J connectivity index is 2.58. The number of alkyl halides is 2. The third kappa shape index (κ3) is 2.39. The zero-order valence-electron chi connectivity index (χ0n) is 9.20. The lowest BCUT2D eigenvalue weighted by Crippen LogP contribution is -1.94. The van der Waals surface area contributed by atoms with Gasteiger partial charge >= 0.3 is 0 Å². The second kappa shape index (κ2) is 4.96. The topological polar surface area (TPSA) is 17.8 Å². The number of nitrogens with zero attached hydrogens (tertiary/aromatic N) is 2. The minimum Gasteiger partial charge on any atom is -0.272 e. The molecular weight excluding hydrogens is 290 g/mol. The van der Waals surface area contributed by atoms with Crippen LogP contribution in [0.1, 0.15) is 18.9 Å². The van der Waals surface area contributed by atoms with Crippen LogP contribution in [-0.4, -0.2) is 9.78 Å². The minimum absolute atomic E-state index is 0.0289. The SMILES string of the molecule is CCn1cc(C(F)F)c(-c2ccccc2Br)n1. The van der Waals surface area contributed by atoms with Crippen LogP contribution >= 0.6 is 15.9 Å². The summed E-state index contributed by atoms with van der Waals surface area (Å²) in [7, 11) is 0. The van der Waals surface area contributed by atoms with Gasteiger partial charge in [-0.1, -0.05) is 34.1 Å². The molecule has 17 heavy (non-hydrogen) atoms. The Kier molecular flexibility index (Phi) is 3.57. The maximum absolute atomic E-state index is 12.9. The smallest absolute Gasteiger partial charge is 0.267 e. The molecule has 5 heteroatoms. The van der Waals surface area contributed by atoms with Crippen LogP contribution in [0.15, 0.2) is 34.9 Å². The molecule has 1 heterocycles. The molecule has 0 saturated carbocycles. The number of halogens is 3. The van der Waals surface area contributed by atoms with E-state index in [0.717, 1.165) is 4.47 Å². The first-order valence-corrected chi connectivity index (χ1v) is 6.03. The molecule has 1 aromatic carbocycles. The summed E-state index contributed by atoms with van der Waals surface area (Å²) >= 11 is 3.35. The van der Waals surface area contributed by atoms with Gasteiger partial charge in [0.05, 0.1) is 5.56 Å². The number of hydrogen-bond donors (Lipinski definition) is 0. The summed E-state index contributed by atoms with van der Waals surface area (Å²) in [6.07, 6.45) is -1.11. The van der Waals surface area contributed by atoms with Crippen molar-refractivity contribution in [1.82, 2.24) is 9.78 Å². The van der Waals surface area contributed by atoms with E-state index in [4.69, 9.17) is 0 Å². The lowest BCUT2D eigenvalue weighted by molar-refractivity contribution is 0.152. The van der Waals surface area contributed by atoms with Gasteiger partial charge in [-0.2, -0.15) is 5.10 Å². The first-order chi connectivity index (χ1) is 8.13. The average Bonchev–Trinajstić information content (AvgIpc) is 2.73. The summed E-state index contributed by atoms with van der Waals surface area (Å²) in [6.45, 7) is 2.44. The Hall–Kier alpha value is -1.23. The van der Waals surface area contributed by atoms with E-state index in [2.05, 4.69) is 21.0 Å². The predicted molar refractivity (Wildman–Crippen MR) is 66.0 cm³/mol. The molecule has 0 radical (unpaired) electrons. The van der Waals surface area contributed by atoms with Crippen molar-refractivity contribution >= 4 is 15.9 Å². The van der Waals surface area contributed by atoms with Crippen LogP contribution in [0, 0.1) is 0 Å². The monoisotopic (exact) mass is 300 g/mol. The molecule has 0 saturated heterocycles. The minimum atomic E-state index is -2.52.